The van der Waals surface area contributed by atoms with Crippen LogP contribution in [0.25, 0.3) is 0 Å². The van der Waals surface area contributed by atoms with Gasteiger partial charge >= 0.3 is 0 Å². The molecular weight excluding hydrogens is 178 g/mol. The van der Waals surface area contributed by atoms with Crippen molar-refractivity contribution in [3.05, 3.63) is 24.0 Å². The quantitative estimate of drug-likeness (QED) is 0.724. The average molecular weight is 193 g/mol. The number of aromatic nitrogens is 1. The summed E-state index contributed by atoms with van der Waals surface area (Å²) in [4.78, 5) is 16.6. The van der Waals surface area contributed by atoms with E-state index in [0.29, 0.717) is 6.54 Å². The Morgan fingerprint density at radius 2 is 2.43 bits per heavy atom. The Morgan fingerprint density at radius 1 is 1.64 bits per heavy atom. The average Bonchev–Trinajstić information content (AvgIpc) is 2.75. The molecule has 2 rings (SSSR count). The molecule has 1 fully saturated rings. The zero-order valence-corrected chi connectivity index (χ0v) is 8.50. The van der Waals surface area contributed by atoms with Crippen molar-refractivity contribution in [1.29, 1.82) is 0 Å². The first kappa shape index (κ1) is 9.27. The second-order valence-electron chi connectivity index (χ2n) is 3.65. The van der Waals surface area contributed by atoms with Gasteiger partial charge in [0.05, 0.1) is 12.2 Å². The minimum absolute atomic E-state index is 0.157. The first-order valence-corrected chi connectivity index (χ1v) is 4.88. The number of likely N-dealkylation sites (N-methyl/N-ethyl adjacent to an activating group) is 1. The molecule has 0 aliphatic carbocycles. The normalized spacial score (nSPS) is 27.3. The summed E-state index contributed by atoms with van der Waals surface area (Å²) in [5.74, 6) is 0.157. The van der Waals surface area contributed by atoms with Crippen LogP contribution in [0.5, 0.6) is 0 Å². The molecule has 1 aliphatic rings. The van der Waals surface area contributed by atoms with Crippen LogP contribution in [0.1, 0.15) is 19.5 Å². The van der Waals surface area contributed by atoms with E-state index in [9.17, 15) is 4.79 Å². The summed E-state index contributed by atoms with van der Waals surface area (Å²) < 4.78 is 0. The number of nitrogens with zero attached hydrogens (tertiary/aromatic N) is 1. The Hall–Kier alpha value is -1.29. The lowest BCUT2D eigenvalue weighted by Gasteiger charge is -2.33. The molecule has 1 amide bonds. The molecule has 76 valence electrons. The van der Waals surface area contributed by atoms with Gasteiger partial charge in [0.1, 0.15) is 5.66 Å². The monoisotopic (exact) mass is 193 g/mol. The van der Waals surface area contributed by atoms with Gasteiger partial charge in [-0.05, 0) is 26.0 Å². The number of aromatic amines is 1. The lowest BCUT2D eigenvalue weighted by molar-refractivity contribution is -0.130. The Balaban J connectivity index is 2.36. The number of carbonyl (C=O) groups is 1. The maximum absolute atomic E-state index is 11.6. The third kappa shape index (κ3) is 1.14. The second-order valence-corrected chi connectivity index (χ2v) is 3.65. The van der Waals surface area contributed by atoms with Crippen LogP contribution in [0.4, 0.5) is 0 Å². The minimum atomic E-state index is -0.366. The number of H-pyrrole nitrogens is 1. The van der Waals surface area contributed by atoms with Crippen molar-refractivity contribution in [2.24, 2.45) is 0 Å². The number of amides is 1. The van der Waals surface area contributed by atoms with Gasteiger partial charge in [-0.1, -0.05) is 0 Å². The van der Waals surface area contributed by atoms with Crippen LogP contribution in [0, 0.1) is 0 Å². The van der Waals surface area contributed by atoms with Gasteiger partial charge in [-0.2, -0.15) is 0 Å². The summed E-state index contributed by atoms with van der Waals surface area (Å²) >= 11 is 0. The molecule has 1 atom stereocenters. The molecule has 0 spiro atoms. The largest absolute Gasteiger partial charge is 0.362 e. The van der Waals surface area contributed by atoms with Gasteiger partial charge in [0, 0.05) is 12.7 Å². The molecule has 0 bridgehead atoms. The number of carbonyl (C=O) groups excluding carboxylic acids is 1. The topological polar surface area (TPSA) is 48.1 Å². The van der Waals surface area contributed by atoms with Crippen molar-refractivity contribution >= 4 is 5.91 Å². The molecule has 2 heterocycles. The van der Waals surface area contributed by atoms with E-state index in [2.05, 4.69) is 10.3 Å². The summed E-state index contributed by atoms with van der Waals surface area (Å²) in [6, 6.07) is 3.94. The molecule has 0 saturated carbocycles. The molecule has 1 saturated heterocycles. The molecule has 1 aromatic heterocycles. The molecule has 0 radical (unpaired) electrons. The van der Waals surface area contributed by atoms with Gasteiger partial charge in [0.25, 0.3) is 0 Å². The fourth-order valence-corrected chi connectivity index (χ4v) is 2.05. The van der Waals surface area contributed by atoms with Crippen LogP contribution in [0.3, 0.4) is 0 Å². The molecule has 1 aliphatic heterocycles. The summed E-state index contributed by atoms with van der Waals surface area (Å²) in [6.07, 6.45) is 1.87. The van der Waals surface area contributed by atoms with E-state index in [-0.39, 0.29) is 11.6 Å². The molecular formula is C10H15N3O. The van der Waals surface area contributed by atoms with E-state index in [1.807, 2.05) is 37.1 Å². The lowest BCUT2D eigenvalue weighted by atomic mass is 10.1. The van der Waals surface area contributed by atoms with Gasteiger partial charge in [-0.25, -0.2) is 0 Å². The predicted octanol–water partition coefficient (Wildman–Crippen LogP) is 0.639. The standard InChI is InChI=1S/C10H15N3O/c1-3-13-9(14)7-12-10(13,2)8-5-4-6-11-8/h4-6,11-12H,3,7H2,1-2H3. The summed E-state index contributed by atoms with van der Waals surface area (Å²) in [6.45, 7) is 5.16. The van der Waals surface area contributed by atoms with Crippen molar-refractivity contribution in [3.8, 4) is 0 Å². The van der Waals surface area contributed by atoms with Crippen LogP contribution >= 0.6 is 0 Å². The minimum Gasteiger partial charge on any atom is -0.362 e. The lowest BCUT2D eigenvalue weighted by Crippen LogP contribution is -2.47. The van der Waals surface area contributed by atoms with Crippen LogP contribution < -0.4 is 5.32 Å². The fraction of sp³-hybridized carbons (Fsp3) is 0.500. The first-order chi connectivity index (χ1) is 6.68. The van der Waals surface area contributed by atoms with E-state index in [0.717, 1.165) is 12.2 Å². The molecule has 1 aromatic rings. The number of hydrogen-bond acceptors (Lipinski definition) is 2. The molecule has 4 heteroatoms. The third-order valence-corrected chi connectivity index (χ3v) is 2.86. The van der Waals surface area contributed by atoms with E-state index in [1.165, 1.54) is 0 Å². The van der Waals surface area contributed by atoms with Gasteiger partial charge in [-0.15, -0.1) is 0 Å². The van der Waals surface area contributed by atoms with Crippen molar-refractivity contribution in [2.75, 3.05) is 13.1 Å². The Kier molecular flexibility index (Phi) is 2.07. The van der Waals surface area contributed by atoms with Gasteiger partial charge in [0.15, 0.2) is 0 Å². The van der Waals surface area contributed by atoms with E-state index in [4.69, 9.17) is 0 Å². The third-order valence-electron chi connectivity index (χ3n) is 2.86. The Bertz CT molecular complexity index is 333. The van der Waals surface area contributed by atoms with Gasteiger partial charge in [-0.3, -0.25) is 10.1 Å². The second kappa shape index (κ2) is 3.13. The zero-order valence-electron chi connectivity index (χ0n) is 8.50. The number of nitrogens with one attached hydrogen (secondary N) is 2. The van der Waals surface area contributed by atoms with E-state index < -0.39 is 0 Å². The van der Waals surface area contributed by atoms with E-state index >= 15 is 0 Å². The highest BCUT2D eigenvalue weighted by atomic mass is 16.2. The fourth-order valence-electron chi connectivity index (χ4n) is 2.05. The Labute approximate surface area is 83.3 Å². The zero-order chi connectivity index (χ0) is 10.2. The maximum Gasteiger partial charge on any atom is 0.238 e. The van der Waals surface area contributed by atoms with Crippen molar-refractivity contribution in [3.63, 3.8) is 0 Å². The van der Waals surface area contributed by atoms with Gasteiger partial charge < -0.3 is 9.88 Å². The highest BCUT2D eigenvalue weighted by molar-refractivity contribution is 5.81. The van der Waals surface area contributed by atoms with Crippen molar-refractivity contribution < 1.29 is 4.79 Å². The first-order valence-electron chi connectivity index (χ1n) is 4.88. The molecule has 1 unspecified atom stereocenters. The molecule has 4 nitrogen and oxygen atoms in total. The highest BCUT2D eigenvalue weighted by Crippen LogP contribution is 2.27. The summed E-state index contributed by atoms with van der Waals surface area (Å²) in [7, 11) is 0. The SMILES string of the molecule is CCN1C(=O)CNC1(C)c1ccc[nH]1. The summed E-state index contributed by atoms with van der Waals surface area (Å²) in [5, 5.41) is 3.23. The smallest absolute Gasteiger partial charge is 0.238 e. The molecule has 14 heavy (non-hydrogen) atoms. The number of hydrogen-bond donors (Lipinski definition) is 2. The van der Waals surface area contributed by atoms with Crippen molar-refractivity contribution in [1.82, 2.24) is 15.2 Å². The van der Waals surface area contributed by atoms with Crippen LogP contribution in [-0.2, 0) is 10.5 Å². The van der Waals surface area contributed by atoms with Crippen molar-refractivity contribution in [2.45, 2.75) is 19.5 Å². The van der Waals surface area contributed by atoms with Gasteiger partial charge in [0.2, 0.25) is 5.91 Å². The predicted molar refractivity (Wildman–Crippen MR) is 53.5 cm³/mol. The number of rotatable bonds is 2. The maximum atomic E-state index is 11.6. The van der Waals surface area contributed by atoms with Crippen LogP contribution in [0.2, 0.25) is 0 Å². The molecule has 0 aromatic carbocycles. The Morgan fingerprint density at radius 3 is 3.00 bits per heavy atom. The summed E-state index contributed by atoms with van der Waals surface area (Å²) in [5.41, 5.74) is 0.667. The molecule has 2 N–H and O–H groups in total. The van der Waals surface area contributed by atoms with E-state index in [1.54, 1.807) is 0 Å². The highest BCUT2D eigenvalue weighted by Gasteiger charge is 2.42. The van der Waals surface area contributed by atoms with Crippen LogP contribution in [0.15, 0.2) is 18.3 Å². The van der Waals surface area contributed by atoms with Crippen LogP contribution in [-0.4, -0.2) is 28.9 Å².